The monoisotopic (exact) mass is 1750 g/mol. The number of hydrogen-bond donors (Lipinski definition) is 14. The molecule has 1 saturated heterocycles. The summed E-state index contributed by atoms with van der Waals surface area (Å²) in [4.78, 5) is 242. The number of likely N-dealkylation sites (N-methyl/N-ethyl adjacent to an activating group) is 1. The standard InChI is InChI=1S/C90H103N19O19/c1-2-107(61-29-25-59(26-30-61)105-106-60-27-31-62(32-28-60)109(126)127)35-36-128-78(113)34-33-77(112)108-47-73(103-89(124)71(45-75(91)110)101-87(122)57-41-53-39-54(42-57)84(119)98-68-22-8-4-18-64(68)94-80(115)50-14-11-13-49(37-50)79(114)93-63-17-3-7-21-67(63)97-83(53)118)74(48-108)104-90(125)72(46-76(92)111)102-88(123)58-43-55-40-56(44-58)86(121)100-70-24-10-6-20-66(70)96-82(117)52-16-12-15-51(38-52)81(116)95-65-19-5-9-23-69(65)99-85(55)120/h11-16,25-32,37-44,63-74H,2-10,17-24,33-36,45-48H2,1H3,(H2,91,110)(H2,92,111)(H,93,114)(H,94,115)(H,95,116)(H,96,117)(H,97,118)(H,98,119)(H,99,120)(H,100,121)(H,101,122)(H,102,123)(H,103,124)(H,104,125)/t63-,64?,65-,66?,67?,68-,69?,70-,71+,72+,73-,74-/m1/s1. The van der Waals surface area contributed by atoms with Gasteiger partial charge in [0.05, 0.1) is 54.2 Å². The van der Waals surface area contributed by atoms with Gasteiger partial charge in [0, 0.05) is 148 Å². The Bertz CT molecular complexity index is 4920. The number of nitro groups is 1. The number of hydrogen-bond acceptors (Lipinski definition) is 22. The first-order valence-corrected chi connectivity index (χ1v) is 43.3. The number of fused-ring (bicyclic) bond motifs is 12. The first kappa shape index (κ1) is 91.3. The lowest BCUT2D eigenvalue weighted by Crippen LogP contribution is -2.58. The number of non-ortho nitro benzene ring substituents is 1. The maximum atomic E-state index is 15.1. The van der Waals surface area contributed by atoms with Gasteiger partial charge in [0.1, 0.15) is 18.7 Å². The number of ether oxygens (including phenoxy) is 1. The second-order valence-electron chi connectivity index (χ2n) is 33.2. The molecule has 4 saturated carbocycles. The van der Waals surface area contributed by atoms with Crippen molar-refractivity contribution in [2.24, 2.45) is 21.7 Å². The van der Waals surface area contributed by atoms with Gasteiger partial charge < -0.3 is 89.8 Å². The van der Waals surface area contributed by atoms with E-state index in [4.69, 9.17) is 16.2 Å². The number of rotatable bonds is 23. The highest BCUT2D eigenvalue weighted by molar-refractivity contribution is 6.09. The van der Waals surface area contributed by atoms with Crippen LogP contribution in [0.5, 0.6) is 0 Å². The number of carbonyl (C=O) groups is 16. The van der Waals surface area contributed by atoms with Crippen LogP contribution < -0.4 is 80.2 Å². The van der Waals surface area contributed by atoms with Crippen LogP contribution in [0.15, 0.2) is 144 Å². The zero-order valence-corrected chi connectivity index (χ0v) is 70.5. The summed E-state index contributed by atoms with van der Waals surface area (Å²) in [6, 6.07) is 20.4. The summed E-state index contributed by atoms with van der Waals surface area (Å²) in [5.41, 5.74) is 12.4. The molecule has 12 atom stereocenters. The van der Waals surface area contributed by atoms with Crippen LogP contribution in [0.3, 0.4) is 0 Å². The molecule has 38 heteroatoms. The van der Waals surface area contributed by atoms with E-state index in [0.29, 0.717) is 121 Å². The van der Waals surface area contributed by atoms with Crippen molar-refractivity contribution < 1.29 is 86.4 Å². The van der Waals surface area contributed by atoms with Gasteiger partial charge >= 0.3 is 5.97 Å². The van der Waals surface area contributed by atoms with E-state index >= 15 is 9.59 Å². The van der Waals surface area contributed by atoms with E-state index < -0.39 is 211 Å². The molecule has 0 spiro atoms. The Morgan fingerprint density at radius 1 is 0.445 bits per heavy atom. The van der Waals surface area contributed by atoms with Crippen LogP contribution in [0.4, 0.5) is 22.7 Å². The van der Waals surface area contributed by atoms with E-state index in [2.05, 4.69) is 74.0 Å². The van der Waals surface area contributed by atoms with Gasteiger partial charge in [-0.05, 0) is 167 Å². The molecule has 0 aromatic heterocycles. The van der Waals surface area contributed by atoms with Gasteiger partial charge in [0.2, 0.25) is 29.5 Å². The molecule has 4 unspecified atom stereocenters. The Morgan fingerprint density at radius 3 is 1.05 bits per heavy atom. The van der Waals surface area contributed by atoms with Crippen molar-refractivity contribution in [2.75, 3.05) is 37.7 Å². The number of nitrogens with one attached hydrogen (secondary N) is 12. The third kappa shape index (κ3) is 23.8. The molecule has 5 fully saturated rings. The van der Waals surface area contributed by atoms with E-state index in [0.717, 1.165) is 30.0 Å². The molecule has 38 nitrogen and oxygen atoms in total. The molecule has 3 heterocycles. The van der Waals surface area contributed by atoms with Gasteiger partial charge in [-0.25, -0.2) is 0 Å². The Kier molecular flexibility index (Phi) is 30.0. The zero-order chi connectivity index (χ0) is 90.8. The average Bonchev–Trinajstić information content (AvgIpc) is 1.30. The summed E-state index contributed by atoms with van der Waals surface area (Å²) in [6.45, 7) is 1.53. The number of carbonyl (C=O) groups excluding carboxylic acids is 16. The van der Waals surface area contributed by atoms with Gasteiger partial charge in [-0.3, -0.25) is 86.8 Å². The summed E-state index contributed by atoms with van der Waals surface area (Å²) in [5.74, 6) is -13.1. The molecule has 8 bridgehead atoms. The predicted molar refractivity (Wildman–Crippen MR) is 462 cm³/mol. The normalized spacial score (nSPS) is 22.5. The number of amides is 15. The second-order valence-corrected chi connectivity index (χ2v) is 33.2. The lowest BCUT2D eigenvalue weighted by Gasteiger charge is -2.33. The second kappa shape index (κ2) is 42.1. The molecule has 15 amide bonds. The van der Waals surface area contributed by atoms with Crippen molar-refractivity contribution in [3.63, 3.8) is 0 Å². The number of esters is 1. The van der Waals surface area contributed by atoms with Gasteiger partial charge in [-0.1, -0.05) is 63.5 Å². The third-order valence-corrected chi connectivity index (χ3v) is 24.3. The van der Waals surface area contributed by atoms with Crippen LogP contribution >= 0.6 is 0 Å². The van der Waals surface area contributed by atoms with Gasteiger partial charge in [0.25, 0.3) is 64.8 Å². The Hall–Kier alpha value is -14.4. The largest absolute Gasteiger partial charge is 0.464 e. The smallest absolute Gasteiger partial charge is 0.306 e. The Morgan fingerprint density at radius 2 is 0.750 bits per heavy atom. The average molecular weight is 1750 g/mol. The number of nitro benzene ring substituents is 1. The Balaban J connectivity index is 0.748. The lowest BCUT2D eigenvalue weighted by atomic mass is 9.89. The van der Waals surface area contributed by atoms with Crippen molar-refractivity contribution in [2.45, 2.75) is 208 Å². The molecule has 13 rings (SSSR count). The molecule has 6 aromatic carbocycles. The topological polar surface area (TPSA) is 553 Å². The van der Waals surface area contributed by atoms with Crippen LogP contribution in [0, 0.1) is 10.1 Å². The fraction of sp³-hybridized carbons (Fsp3) is 0.422. The number of likely N-dealkylation sites (tertiary alicyclic amines) is 1. The number of nitrogens with zero attached hydrogens (tertiary/aromatic N) is 5. The summed E-state index contributed by atoms with van der Waals surface area (Å²) < 4.78 is 5.60. The maximum absolute atomic E-state index is 15.1. The Labute approximate surface area is 735 Å². The van der Waals surface area contributed by atoms with Gasteiger partial charge in [-0.15, -0.1) is 0 Å². The molecule has 4 aliphatic carbocycles. The minimum atomic E-state index is -1.90. The van der Waals surface area contributed by atoms with Crippen molar-refractivity contribution in [3.8, 4) is 0 Å². The summed E-state index contributed by atoms with van der Waals surface area (Å²) in [7, 11) is 0. The van der Waals surface area contributed by atoms with E-state index in [9.17, 15) is 77.2 Å². The molecule has 0 radical (unpaired) electrons. The van der Waals surface area contributed by atoms with Crippen LogP contribution in [-0.2, 0) is 33.5 Å². The number of anilines is 1. The first-order valence-electron chi connectivity index (χ1n) is 43.3. The van der Waals surface area contributed by atoms with Gasteiger partial charge in [-0.2, -0.15) is 10.2 Å². The molecule has 672 valence electrons. The zero-order valence-electron chi connectivity index (χ0n) is 70.5. The molecule has 16 N–H and O–H groups in total. The SMILES string of the molecule is CCN(CCOC(=O)CCC(=O)N1C[C@@H](NC(=O)[C@H](CC(N)=O)NC(=O)c2cc3cc(c2)C(=O)N[C@@H]2CCCCC2NC(=O)c2cccc(c2)C(=O)N[C@@H]2CCCCC2NC3=O)[C@H](NC(=O)[C@H](CC(N)=O)NC(=O)c2cc3cc(c2)C(=O)N[C@@H]2CCCCC2NC(=O)c2cccc(c2)C(=O)N[C@@H]2CCCCC2NC3=O)C1)c1ccc(N=Nc2ccc([N+](=O)[O-])cc2)cc1. The lowest BCUT2D eigenvalue weighted by molar-refractivity contribution is -0.384. The molecule has 3 aliphatic heterocycles. The van der Waals surface area contributed by atoms with E-state index in [1.54, 1.807) is 60.7 Å². The number of azo groups is 1. The molecule has 7 aliphatic rings. The van der Waals surface area contributed by atoms with Gasteiger partial charge in [0.15, 0.2) is 0 Å². The predicted octanol–water partition coefficient (Wildman–Crippen LogP) is 4.83. The van der Waals surface area contributed by atoms with Crippen molar-refractivity contribution >= 4 is 117 Å². The highest BCUT2D eigenvalue weighted by Crippen LogP contribution is 2.30. The highest BCUT2D eigenvalue weighted by atomic mass is 16.6. The summed E-state index contributed by atoms with van der Waals surface area (Å²) in [5, 5.41) is 53.9. The molecular weight excluding hydrogens is 1650 g/mol. The number of nitrogens with two attached hydrogens (primary N) is 2. The minimum absolute atomic E-state index is 0.0985. The molecule has 6 aromatic rings. The first-order chi connectivity index (χ1) is 61.5. The molecule has 128 heavy (non-hydrogen) atoms. The maximum Gasteiger partial charge on any atom is 0.306 e. The van der Waals surface area contributed by atoms with Crippen LogP contribution in [0.2, 0.25) is 0 Å². The highest BCUT2D eigenvalue weighted by Gasteiger charge is 2.42. The summed E-state index contributed by atoms with van der Waals surface area (Å²) in [6.07, 6.45) is 6.18. The summed E-state index contributed by atoms with van der Waals surface area (Å²) >= 11 is 0. The molecular formula is C90H103N19O19. The van der Waals surface area contributed by atoms with Crippen molar-refractivity contribution in [1.82, 2.24) is 68.7 Å². The minimum Gasteiger partial charge on any atom is -0.464 e. The van der Waals surface area contributed by atoms with Crippen LogP contribution in [0.1, 0.15) is 239 Å². The van der Waals surface area contributed by atoms with Crippen LogP contribution in [0.25, 0.3) is 0 Å². The van der Waals surface area contributed by atoms with Crippen molar-refractivity contribution in [3.05, 3.63) is 199 Å². The third-order valence-electron chi connectivity index (χ3n) is 24.3. The fourth-order valence-electron chi connectivity index (χ4n) is 17.4. The van der Waals surface area contributed by atoms with E-state index in [1.807, 2.05) is 11.8 Å². The van der Waals surface area contributed by atoms with Crippen molar-refractivity contribution in [1.29, 1.82) is 0 Å². The number of benzene rings is 6. The van der Waals surface area contributed by atoms with Crippen LogP contribution in [-0.4, -0.2) is 210 Å². The number of primary amides is 2. The quantitative estimate of drug-likeness (QED) is 0.0177. The fourth-order valence-corrected chi connectivity index (χ4v) is 17.4. The van der Waals surface area contributed by atoms with E-state index in [-0.39, 0.29) is 74.5 Å². The van der Waals surface area contributed by atoms with E-state index in [1.165, 1.54) is 53.4 Å².